The number of fused-ring (bicyclic) bond motifs is 2. The Labute approximate surface area is 103 Å². The number of phenols is 1. The summed E-state index contributed by atoms with van der Waals surface area (Å²) < 4.78 is 0. The Kier molecular flexibility index (Phi) is 2.62. The zero-order valence-electron chi connectivity index (χ0n) is 10.4. The fourth-order valence-corrected chi connectivity index (χ4v) is 3.75. The van der Waals surface area contributed by atoms with E-state index in [0.29, 0.717) is 17.2 Å². The predicted molar refractivity (Wildman–Crippen MR) is 69.2 cm³/mol. The molecule has 1 aromatic rings. The van der Waals surface area contributed by atoms with E-state index in [4.69, 9.17) is 0 Å². The van der Waals surface area contributed by atoms with Crippen LogP contribution in [0.2, 0.25) is 0 Å². The summed E-state index contributed by atoms with van der Waals surface area (Å²) in [5.41, 5.74) is 1.70. The Balaban J connectivity index is 1.85. The van der Waals surface area contributed by atoms with Gasteiger partial charge >= 0.3 is 0 Å². The minimum Gasteiger partial charge on any atom is -0.508 e. The minimum absolute atomic E-state index is 0.371. The summed E-state index contributed by atoms with van der Waals surface area (Å²) in [6.45, 7) is 3.51. The van der Waals surface area contributed by atoms with Crippen molar-refractivity contribution in [1.29, 1.82) is 0 Å². The van der Waals surface area contributed by atoms with Crippen LogP contribution < -0.4 is 5.32 Å². The summed E-state index contributed by atoms with van der Waals surface area (Å²) in [4.78, 5) is 0. The lowest BCUT2D eigenvalue weighted by Gasteiger charge is -2.48. The summed E-state index contributed by atoms with van der Waals surface area (Å²) >= 11 is 0. The Hall–Kier alpha value is -1.02. The molecular weight excluding hydrogens is 210 g/mol. The molecule has 0 spiro atoms. The molecule has 0 amide bonds. The number of nitrogens with one attached hydrogen (secondary N) is 1. The molecule has 1 saturated carbocycles. The number of piperidine rings is 1. The van der Waals surface area contributed by atoms with Crippen LogP contribution in [-0.2, 0) is 0 Å². The molecule has 2 N–H and O–H groups in total. The van der Waals surface area contributed by atoms with E-state index in [1.54, 1.807) is 6.07 Å². The zero-order chi connectivity index (χ0) is 11.9. The van der Waals surface area contributed by atoms with Crippen LogP contribution in [0.1, 0.15) is 44.1 Å². The van der Waals surface area contributed by atoms with Crippen LogP contribution in [-0.4, -0.2) is 17.2 Å². The summed E-state index contributed by atoms with van der Waals surface area (Å²) in [5, 5.41) is 13.3. The molecule has 3 rings (SSSR count). The second-order valence-corrected chi connectivity index (χ2v) is 5.98. The van der Waals surface area contributed by atoms with Crippen molar-refractivity contribution in [3.63, 3.8) is 0 Å². The van der Waals surface area contributed by atoms with Gasteiger partial charge in [0.25, 0.3) is 0 Å². The lowest BCUT2D eigenvalue weighted by molar-refractivity contribution is 0.124. The van der Waals surface area contributed by atoms with Crippen molar-refractivity contribution in [2.45, 2.75) is 44.1 Å². The van der Waals surface area contributed by atoms with Crippen molar-refractivity contribution in [2.24, 2.45) is 5.92 Å². The lowest BCUT2D eigenvalue weighted by Crippen LogP contribution is -2.52. The molecule has 1 aliphatic heterocycles. The maximum atomic E-state index is 9.61. The van der Waals surface area contributed by atoms with Gasteiger partial charge in [-0.15, -0.1) is 0 Å². The van der Waals surface area contributed by atoms with Crippen LogP contribution >= 0.6 is 0 Å². The molecule has 92 valence electrons. The van der Waals surface area contributed by atoms with E-state index in [0.717, 1.165) is 12.5 Å². The number of phenolic OH excluding ortho intramolecular Hbond substituents is 1. The standard InChI is InChI=1S/C15H21NO/c1-15-7-5-14(12(10-15)6-8-16-15)11-3-2-4-13(17)9-11/h2-4,9,12,14,16-17H,5-8,10H2,1H3. The first-order valence-electron chi connectivity index (χ1n) is 6.70. The highest BCUT2D eigenvalue weighted by molar-refractivity contribution is 5.31. The van der Waals surface area contributed by atoms with E-state index in [9.17, 15) is 5.11 Å². The fourth-order valence-electron chi connectivity index (χ4n) is 3.75. The second kappa shape index (κ2) is 4.02. The second-order valence-electron chi connectivity index (χ2n) is 5.98. The highest BCUT2D eigenvalue weighted by atomic mass is 16.3. The Morgan fingerprint density at radius 3 is 3.06 bits per heavy atom. The molecule has 2 heteroatoms. The molecule has 0 aromatic heterocycles. The van der Waals surface area contributed by atoms with Crippen molar-refractivity contribution in [3.8, 4) is 5.75 Å². The van der Waals surface area contributed by atoms with Gasteiger partial charge in [-0.25, -0.2) is 0 Å². The van der Waals surface area contributed by atoms with Gasteiger partial charge in [0, 0.05) is 5.54 Å². The van der Waals surface area contributed by atoms with Gasteiger partial charge in [-0.05, 0) is 68.7 Å². The SMILES string of the molecule is CC12CCC(c3cccc(O)c3)C(CCN1)C2. The van der Waals surface area contributed by atoms with Crippen molar-refractivity contribution >= 4 is 0 Å². The first-order chi connectivity index (χ1) is 8.16. The Bertz CT molecular complexity index is 417. The topological polar surface area (TPSA) is 32.3 Å². The third-order valence-electron chi connectivity index (χ3n) is 4.65. The maximum absolute atomic E-state index is 9.61. The number of benzene rings is 1. The molecule has 2 aliphatic rings. The number of hydrogen-bond acceptors (Lipinski definition) is 2. The quantitative estimate of drug-likeness (QED) is 0.778. The number of hydrogen-bond donors (Lipinski definition) is 2. The smallest absolute Gasteiger partial charge is 0.115 e. The first-order valence-corrected chi connectivity index (χ1v) is 6.70. The molecule has 2 nitrogen and oxygen atoms in total. The lowest BCUT2D eigenvalue weighted by atomic mass is 9.65. The van der Waals surface area contributed by atoms with Gasteiger partial charge in [0.15, 0.2) is 0 Å². The van der Waals surface area contributed by atoms with Gasteiger partial charge in [0.1, 0.15) is 5.75 Å². The van der Waals surface area contributed by atoms with E-state index >= 15 is 0 Å². The number of aromatic hydroxyl groups is 1. The first kappa shape index (κ1) is 11.1. The van der Waals surface area contributed by atoms with Crippen molar-refractivity contribution < 1.29 is 5.11 Å². The van der Waals surface area contributed by atoms with Crippen LogP contribution in [0.15, 0.2) is 24.3 Å². The summed E-state index contributed by atoms with van der Waals surface area (Å²) in [5.74, 6) is 1.85. The van der Waals surface area contributed by atoms with Gasteiger partial charge in [-0.2, -0.15) is 0 Å². The molecule has 1 saturated heterocycles. The van der Waals surface area contributed by atoms with Crippen molar-refractivity contribution in [3.05, 3.63) is 29.8 Å². The molecule has 1 heterocycles. The molecular formula is C15H21NO. The highest BCUT2D eigenvalue weighted by Crippen LogP contribution is 2.46. The molecule has 1 aromatic carbocycles. The van der Waals surface area contributed by atoms with Crippen LogP contribution in [0.3, 0.4) is 0 Å². The molecule has 3 atom stereocenters. The van der Waals surface area contributed by atoms with E-state index in [-0.39, 0.29) is 0 Å². The van der Waals surface area contributed by atoms with Crippen LogP contribution in [0.4, 0.5) is 0 Å². The van der Waals surface area contributed by atoms with E-state index in [1.807, 2.05) is 12.1 Å². The van der Waals surface area contributed by atoms with Crippen LogP contribution in [0.5, 0.6) is 5.75 Å². The predicted octanol–water partition coefficient (Wildman–Crippen LogP) is 3.03. The Morgan fingerprint density at radius 2 is 2.24 bits per heavy atom. The van der Waals surface area contributed by atoms with Crippen LogP contribution in [0.25, 0.3) is 0 Å². The highest BCUT2D eigenvalue weighted by Gasteiger charge is 2.40. The maximum Gasteiger partial charge on any atom is 0.115 e. The monoisotopic (exact) mass is 231 g/mol. The average molecular weight is 231 g/mol. The van der Waals surface area contributed by atoms with E-state index in [1.165, 1.54) is 31.2 Å². The third-order valence-corrected chi connectivity index (χ3v) is 4.65. The average Bonchev–Trinajstić information content (AvgIpc) is 2.28. The van der Waals surface area contributed by atoms with Crippen molar-refractivity contribution in [1.82, 2.24) is 5.32 Å². The Morgan fingerprint density at radius 1 is 1.35 bits per heavy atom. The summed E-state index contributed by atoms with van der Waals surface area (Å²) in [6.07, 6.45) is 5.06. The minimum atomic E-state index is 0.371. The molecule has 1 aliphatic carbocycles. The van der Waals surface area contributed by atoms with Gasteiger partial charge in [0.2, 0.25) is 0 Å². The van der Waals surface area contributed by atoms with Crippen molar-refractivity contribution in [2.75, 3.05) is 6.54 Å². The largest absolute Gasteiger partial charge is 0.508 e. The van der Waals surface area contributed by atoms with Gasteiger partial charge in [0.05, 0.1) is 0 Å². The van der Waals surface area contributed by atoms with Gasteiger partial charge in [-0.3, -0.25) is 0 Å². The van der Waals surface area contributed by atoms with Gasteiger partial charge in [-0.1, -0.05) is 12.1 Å². The summed E-state index contributed by atoms with van der Waals surface area (Å²) in [6, 6.07) is 7.86. The molecule has 2 fully saturated rings. The molecule has 0 radical (unpaired) electrons. The van der Waals surface area contributed by atoms with Crippen LogP contribution in [0, 0.1) is 5.92 Å². The normalized spacial score (nSPS) is 36.8. The van der Waals surface area contributed by atoms with Gasteiger partial charge < -0.3 is 10.4 Å². The molecule has 17 heavy (non-hydrogen) atoms. The number of rotatable bonds is 1. The fraction of sp³-hybridized carbons (Fsp3) is 0.600. The van der Waals surface area contributed by atoms with E-state index in [2.05, 4.69) is 18.3 Å². The molecule has 3 unspecified atom stereocenters. The third kappa shape index (κ3) is 2.06. The molecule has 2 bridgehead atoms. The zero-order valence-corrected chi connectivity index (χ0v) is 10.4. The van der Waals surface area contributed by atoms with E-state index < -0.39 is 0 Å². The summed E-state index contributed by atoms with van der Waals surface area (Å²) in [7, 11) is 0.